The van der Waals surface area contributed by atoms with Gasteiger partial charge in [0, 0.05) is 0 Å². The Morgan fingerprint density at radius 1 is 1.53 bits per heavy atom. The molecule has 0 aromatic heterocycles. The Labute approximate surface area is 97.0 Å². The summed E-state index contributed by atoms with van der Waals surface area (Å²) < 4.78 is 5.15. The van der Waals surface area contributed by atoms with Crippen LogP contribution in [0.25, 0.3) is 0 Å². The molecular formula is C10H12N2O5. The summed E-state index contributed by atoms with van der Waals surface area (Å²) in [6.07, 6.45) is 0. The highest BCUT2D eigenvalue weighted by molar-refractivity contribution is 5.77. The molecule has 92 valence electrons. The van der Waals surface area contributed by atoms with E-state index in [4.69, 9.17) is 15.6 Å². The molecule has 0 fully saturated rings. The van der Waals surface area contributed by atoms with Crippen molar-refractivity contribution in [1.82, 2.24) is 0 Å². The number of carbonyl (C=O) groups is 1. The maximum absolute atomic E-state index is 10.8. The van der Waals surface area contributed by atoms with Gasteiger partial charge >= 0.3 is 5.97 Å². The first-order valence-corrected chi connectivity index (χ1v) is 4.70. The number of nitro groups is 1. The molecule has 0 aliphatic carbocycles. The molecule has 0 saturated carbocycles. The van der Waals surface area contributed by atoms with Crippen LogP contribution in [0.4, 0.5) is 11.4 Å². The topological polar surface area (TPSA) is 116 Å². The summed E-state index contributed by atoms with van der Waals surface area (Å²) in [6, 6.07) is 3.78. The first-order chi connectivity index (χ1) is 7.74. The number of aliphatic carboxylic acids is 1. The summed E-state index contributed by atoms with van der Waals surface area (Å²) in [5.41, 5.74) is 3.61. The highest BCUT2D eigenvalue weighted by Gasteiger charge is 2.30. The van der Waals surface area contributed by atoms with E-state index in [1.165, 1.54) is 26.0 Å². The van der Waals surface area contributed by atoms with Crippen LogP contribution in [0.3, 0.4) is 0 Å². The molecule has 0 amide bonds. The fraction of sp³-hybridized carbons (Fsp3) is 0.300. The minimum atomic E-state index is -1.47. The van der Waals surface area contributed by atoms with Crippen LogP contribution in [-0.4, -0.2) is 21.6 Å². The molecule has 0 bridgehead atoms. The number of benzene rings is 1. The third kappa shape index (κ3) is 2.83. The SMILES string of the molecule is CC(C)(Oc1ccc(N)c([N+](=O)[O-])c1)C(=O)O. The largest absolute Gasteiger partial charge is 0.478 e. The molecule has 0 spiro atoms. The van der Waals surface area contributed by atoms with E-state index < -0.39 is 16.5 Å². The first kappa shape index (κ1) is 12.8. The van der Waals surface area contributed by atoms with Crippen molar-refractivity contribution in [3.8, 4) is 5.75 Å². The molecule has 0 atom stereocenters. The lowest BCUT2D eigenvalue weighted by Crippen LogP contribution is -2.37. The average Bonchev–Trinajstić information content (AvgIpc) is 2.20. The smallest absolute Gasteiger partial charge is 0.347 e. The van der Waals surface area contributed by atoms with Gasteiger partial charge in [-0.25, -0.2) is 4.79 Å². The van der Waals surface area contributed by atoms with Crippen LogP contribution in [0.2, 0.25) is 0 Å². The van der Waals surface area contributed by atoms with Crippen molar-refractivity contribution in [3.05, 3.63) is 28.3 Å². The number of carboxylic acids is 1. The zero-order valence-electron chi connectivity index (χ0n) is 9.34. The van der Waals surface area contributed by atoms with Gasteiger partial charge in [0.05, 0.1) is 11.0 Å². The quantitative estimate of drug-likeness (QED) is 0.467. The van der Waals surface area contributed by atoms with Gasteiger partial charge in [-0.15, -0.1) is 0 Å². The molecule has 0 aliphatic rings. The number of ether oxygens (including phenoxy) is 1. The van der Waals surface area contributed by atoms with Gasteiger partial charge in [-0.2, -0.15) is 0 Å². The van der Waals surface area contributed by atoms with E-state index in [0.29, 0.717) is 0 Å². The van der Waals surface area contributed by atoms with E-state index in [1.54, 1.807) is 0 Å². The van der Waals surface area contributed by atoms with Crippen molar-refractivity contribution in [1.29, 1.82) is 0 Å². The van der Waals surface area contributed by atoms with Crippen LogP contribution in [0.1, 0.15) is 13.8 Å². The Hall–Kier alpha value is -2.31. The minimum Gasteiger partial charge on any atom is -0.478 e. The highest BCUT2D eigenvalue weighted by atomic mass is 16.6. The van der Waals surface area contributed by atoms with Crippen molar-refractivity contribution >= 4 is 17.3 Å². The molecule has 1 rings (SSSR count). The lowest BCUT2D eigenvalue weighted by Gasteiger charge is -2.21. The monoisotopic (exact) mass is 240 g/mol. The zero-order valence-corrected chi connectivity index (χ0v) is 9.34. The summed E-state index contributed by atoms with van der Waals surface area (Å²) in [5.74, 6) is -1.09. The van der Waals surface area contributed by atoms with Gasteiger partial charge in [0.1, 0.15) is 11.4 Å². The molecule has 0 heterocycles. The van der Waals surface area contributed by atoms with Crippen LogP contribution in [0, 0.1) is 10.1 Å². The van der Waals surface area contributed by atoms with Crippen molar-refractivity contribution in [3.63, 3.8) is 0 Å². The molecule has 1 aromatic carbocycles. The summed E-state index contributed by atoms with van der Waals surface area (Å²) in [6.45, 7) is 2.69. The standard InChI is InChI=1S/C10H12N2O5/c1-10(2,9(13)14)17-6-3-4-7(11)8(5-6)12(15)16/h3-5H,11H2,1-2H3,(H,13,14). The van der Waals surface area contributed by atoms with Gasteiger partial charge in [-0.1, -0.05) is 0 Å². The number of nitrogen functional groups attached to an aromatic ring is 1. The molecule has 3 N–H and O–H groups in total. The van der Waals surface area contributed by atoms with E-state index in [0.717, 1.165) is 6.07 Å². The number of anilines is 1. The second-order valence-electron chi connectivity index (χ2n) is 3.90. The molecule has 0 radical (unpaired) electrons. The summed E-state index contributed by atoms with van der Waals surface area (Å²) >= 11 is 0. The molecule has 0 saturated heterocycles. The van der Waals surface area contributed by atoms with Crippen LogP contribution in [0.5, 0.6) is 5.75 Å². The Morgan fingerprint density at radius 3 is 2.59 bits per heavy atom. The number of rotatable bonds is 4. The number of nitrogens with two attached hydrogens (primary N) is 1. The number of hydrogen-bond donors (Lipinski definition) is 2. The van der Waals surface area contributed by atoms with Crippen LogP contribution >= 0.6 is 0 Å². The predicted octanol–water partition coefficient (Wildman–Crippen LogP) is 1.42. The summed E-state index contributed by atoms with van der Waals surface area (Å²) in [4.78, 5) is 20.8. The van der Waals surface area contributed by atoms with Gasteiger partial charge in [-0.3, -0.25) is 10.1 Å². The van der Waals surface area contributed by atoms with E-state index in [2.05, 4.69) is 0 Å². The van der Waals surface area contributed by atoms with E-state index in [9.17, 15) is 14.9 Å². The Bertz CT molecular complexity index is 470. The van der Waals surface area contributed by atoms with Gasteiger partial charge in [0.2, 0.25) is 0 Å². The third-order valence-corrected chi connectivity index (χ3v) is 2.09. The second-order valence-corrected chi connectivity index (χ2v) is 3.90. The van der Waals surface area contributed by atoms with E-state index >= 15 is 0 Å². The molecule has 0 aliphatic heterocycles. The van der Waals surface area contributed by atoms with Crippen LogP contribution in [-0.2, 0) is 4.79 Å². The van der Waals surface area contributed by atoms with Gasteiger partial charge in [-0.05, 0) is 26.0 Å². The maximum Gasteiger partial charge on any atom is 0.347 e. The highest BCUT2D eigenvalue weighted by Crippen LogP contribution is 2.28. The van der Waals surface area contributed by atoms with Crippen molar-refractivity contribution < 1.29 is 19.6 Å². The predicted molar refractivity (Wildman–Crippen MR) is 59.9 cm³/mol. The minimum absolute atomic E-state index is 0.00418. The number of nitro benzene ring substituents is 1. The van der Waals surface area contributed by atoms with Gasteiger partial charge in [0.25, 0.3) is 5.69 Å². The average molecular weight is 240 g/mol. The fourth-order valence-corrected chi connectivity index (χ4v) is 1.08. The second kappa shape index (κ2) is 4.28. The molecule has 0 unspecified atom stereocenters. The zero-order chi connectivity index (χ0) is 13.2. The molecule has 7 nitrogen and oxygen atoms in total. The molecule has 17 heavy (non-hydrogen) atoms. The maximum atomic E-state index is 10.8. The number of nitrogens with zero attached hydrogens (tertiary/aromatic N) is 1. The summed E-state index contributed by atoms with van der Waals surface area (Å²) in [5, 5.41) is 19.5. The Morgan fingerprint density at radius 2 is 2.12 bits per heavy atom. The van der Waals surface area contributed by atoms with Crippen LogP contribution < -0.4 is 10.5 Å². The lowest BCUT2D eigenvalue weighted by atomic mass is 10.1. The lowest BCUT2D eigenvalue weighted by molar-refractivity contribution is -0.384. The summed E-state index contributed by atoms with van der Waals surface area (Å²) in [7, 11) is 0. The van der Waals surface area contributed by atoms with Gasteiger partial charge < -0.3 is 15.6 Å². The van der Waals surface area contributed by atoms with Crippen molar-refractivity contribution in [2.75, 3.05) is 5.73 Å². The van der Waals surface area contributed by atoms with E-state index in [-0.39, 0.29) is 17.1 Å². The van der Waals surface area contributed by atoms with E-state index in [1.807, 2.05) is 0 Å². The third-order valence-electron chi connectivity index (χ3n) is 2.09. The molecule has 7 heteroatoms. The fourth-order valence-electron chi connectivity index (χ4n) is 1.08. The van der Waals surface area contributed by atoms with Crippen LogP contribution in [0.15, 0.2) is 18.2 Å². The molecule has 1 aromatic rings. The van der Waals surface area contributed by atoms with Crippen molar-refractivity contribution in [2.45, 2.75) is 19.4 Å². The Balaban J connectivity index is 3.05. The number of hydrogen-bond acceptors (Lipinski definition) is 5. The normalized spacial score (nSPS) is 10.9. The molecular weight excluding hydrogens is 228 g/mol. The van der Waals surface area contributed by atoms with Gasteiger partial charge in [0.15, 0.2) is 5.60 Å². The number of carboxylic acid groups (broad SMARTS) is 1. The van der Waals surface area contributed by atoms with Crippen molar-refractivity contribution in [2.24, 2.45) is 0 Å². The Kier molecular flexibility index (Phi) is 3.21. The first-order valence-electron chi connectivity index (χ1n) is 4.70.